The van der Waals surface area contributed by atoms with Gasteiger partial charge in [-0.15, -0.1) is 0 Å². The number of hydrogen-bond acceptors (Lipinski definition) is 2. The van der Waals surface area contributed by atoms with E-state index in [2.05, 4.69) is 28.3 Å². The fourth-order valence-corrected chi connectivity index (χ4v) is 0.857. The Morgan fingerprint density at radius 1 is 1.33 bits per heavy atom. The summed E-state index contributed by atoms with van der Waals surface area (Å²) >= 11 is 0. The van der Waals surface area contributed by atoms with Gasteiger partial charge in [0.15, 0.2) is 5.82 Å². The lowest BCUT2D eigenvalue weighted by molar-refractivity contribution is 1.07. The summed E-state index contributed by atoms with van der Waals surface area (Å²) in [6.45, 7) is 11.2. The number of nitrogens with zero attached hydrogens (tertiary/aromatic N) is 2. The molecule has 1 aromatic rings. The molecule has 0 radical (unpaired) electrons. The lowest BCUT2D eigenvalue weighted by Gasteiger charge is -1.93. The van der Waals surface area contributed by atoms with Crippen molar-refractivity contribution in [1.82, 2.24) is 15.2 Å². The molecule has 15 heavy (non-hydrogen) atoms. The van der Waals surface area contributed by atoms with Crippen LogP contribution in [-0.4, -0.2) is 15.2 Å². The third-order valence-electron chi connectivity index (χ3n) is 1.40. The van der Waals surface area contributed by atoms with Gasteiger partial charge in [-0.3, -0.25) is 5.10 Å². The van der Waals surface area contributed by atoms with Gasteiger partial charge in [-0.25, -0.2) is 4.98 Å². The molecule has 0 aliphatic rings. The third-order valence-corrected chi connectivity index (χ3v) is 1.40. The van der Waals surface area contributed by atoms with E-state index in [0.29, 0.717) is 0 Å². The first kappa shape index (κ1) is 13.1. The zero-order valence-corrected chi connectivity index (χ0v) is 9.27. The number of aromatic nitrogens is 3. The zero-order valence-electron chi connectivity index (χ0n) is 9.27. The van der Waals surface area contributed by atoms with E-state index >= 15 is 0 Å². The van der Waals surface area contributed by atoms with Gasteiger partial charge in [-0.05, 0) is 0 Å². The summed E-state index contributed by atoms with van der Waals surface area (Å²) < 4.78 is 0. The average molecular weight is 203 g/mol. The Morgan fingerprint density at radius 3 is 2.53 bits per heavy atom. The van der Waals surface area contributed by atoms with Gasteiger partial charge < -0.3 is 0 Å². The maximum atomic E-state index is 4.02. The van der Waals surface area contributed by atoms with Crippen LogP contribution in [0, 0.1) is 0 Å². The molecule has 0 aliphatic carbocycles. The molecule has 1 N–H and O–H groups in total. The second kappa shape index (κ2) is 8.69. The lowest BCUT2D eigenvalue weighted by atomic mass is 10.2. The van der Waals surface area contributed by atoms with E-state index in [1.807, 2.05) is 32.1 Å². The highest BCUT2D eigenvalue weighted by Crippen LogP contribution is 2.09. The number of H-pyrrole nitrogens is 1. The van der Waals surface area contributed by atoms with Crippen LogP contribution >= 0.6 is 0 Å². The zero-order chi connectivity index (χ0) is 11.5. The molecule has 3 heteroatoms. The predicted molar refractivity (Wildman–Crippen MR) is 65.2 cm³/mol. The fourth-order valence-electron chi connectivity index (χ4n) is 0.857. The second-order valence-electron chi connectivity index (χ2n) is 2.29. The molecular formula is C12H17N3. The molecule has 0 atom stereocenters. The van der Waals surface area contributed by atoms with Crippen LogP contribution in [0.25, 0.3) is 5.57 Å². The molecule has 0 bridgehead atoms. The van der Waals surface area contributed by atoms with E-state index in [1.165, 1.54) is 6.33 Å². The topological polar surface area (TPSA) is 41.6 Å². The lowest BCUT2D eigenvalue weighted by Crippen LogP contribution is -1.83. The Hall–Kier alpha value is -1.90. The van der Waals surface area contributed by atoms with Crippen molar-refractivity contribution in [3.05, 3.63) is 55.7 Å². The number of aromatic amines is 1. The van der Waals surface area contributed by atoms with E-state index in [1.54, 1.807) is 12.2 Å². The van der Waals surface area contributed by atoms with Crippen molar-refractivity contribution in [3.8, 4) is 0 Å². The van der Waals surface area contributed by atoms with Crippen LogP contribution in [0.5, 0.6) is 0 Å². The molecule has 0 aliphatic heterocycles. The molecule has 0 unspecified atom stereocenters. The predicted octanol–water partition coefficient (Wildman–Crippen LogP) is 3.14. The van der Waals surface area contributed by atoms with Crippen molar-refractivity contribution in [3.63, 3.8) is 0 Å². The monoisotopic (exact) mass is 203 g/mol. The van der Waals surface area contributed by atoms with E-state index in [4.69, 9.17) is 0 Å². The van der Waals surface area contributed by atoms with Gasteiger partial charge >= 0.3 is 0 Å². The van der Waals surface area contributed by atoms with E-state index in [-0.39, 0.29) is 0 Å². The van der Waals surface area contributed by atoms with Crippen molar-refractivity contribution >= 4 is 5.57 Å². The van der Waals surface area contributed by atoms with Gasteiger partial charge in [-0.1, -0.05) is 57.4 Å². The van der Waals surface area contributed by atoms with Crippen molar-refractivity contribution < 1.29 is 0 Å². The number of hydrogen-bond donors (Lipinski definition) is 1. The minimum atomic E-state index is 0.720. The SMILES string of the molecule is C=C/C=C\C(=C/C=C)c1ncn[nH]1.CC. The van der Waals surface area contributed by atoms with Crippen molar-refractivity contribution in [1.29, 1.82) is 0 Å². The minimum absolute atomic E-state index is 0.720. The number of allylic oxidation sites excluding steroid dienone is 6. The molecule has 0 saturated heterocycles. The minimum Gasteiger partial charge on any atom is -0.259 e. The summed E-state index contributed by atoms with van der Waals surface area (Å²) in [5.74, 6) is 0.720. The average Bonchev–Trinajstić information content (AvgIpc) is 2.80. The van der Waals surface area contributed by atoms with Crippen molar-refractivity contribution in [2.75, 3.05) is 0 Å². The van der Waals surface area contributed by atoms with Crippen LogP contribution in [0.4, 0.5) is 0 Å². The Morgan fingerprint density at radius 2 is 2.07 bits per heavy atom. The summed E-state index contributed by atoms with van der Waals surface area (Å²) in [5.41, 5.74) is 0.924. The second-order valence-corrected chi connectivity index (χ2v) is 2.29. The van der Waals surface area contributed by atoms with Gasteiger partial charge in [0.1, 0.15) is 6.33 Å². The smallest absolute Gasteiger partial charge is 0.155 e. The molecule has 1 heterocycles. The van der Waals surface area contributed by atoms with Crippen LogP contribution in [-0.2, 0) is 0 Å². The normalized spacial score (nSPS) is 10.7. The van der Waals surface area contributed by atoms with Crippen LogP contribution in [0.1, 0.15) is 19.7 Å². The largest absolute Gasteiger partial charge is 0.259 e. The number of nitrogens with one attached hydrogen (secondary N) is 1. The summed E-state index contributed by atoms with van der Waals surface area (Å²) in [7, 11) is 0. The highest BCUT2D eigenvalue weighted by atomic mass is 15.2. The Labute approximate surface area is 90.9 Å². The summed E-state index contributed by atoms with van der Waals surface area (Å²) in [6.07, 6.45) is 10.4. The number of rotatable bonds is 4. The summed E-state index contributed by atoms with van der Waals surface area (Å²) in [6, 6.07) is 0. The maximum Gasteiger partial charge on any atom is 0.155 e. The van der Waals surface area contributed by atoms with E-state index < -0.39 is 0 Å². The van der Waals surface area contributed by atoms with Crippen LogP contribution in [0.15, 0.2) is 49.9 Å². The Bertz CT molecular complexity index is 332. The van der Waals surface area contributed by atoms with E-state index in [0.717, 1.165) is 11.4 Å². The molecular weight excluding hydrogens is 186 g/mol. The van der Waals surface area contributed by atoms with Gasteiger partial charge in [0.25, 0.3) is 0 Å². The first-order chi connectivity index (χ1) is 7.38. The molecule has 0 amide bonds. The van der Waals surface area contributed by atoms with Gasteiger partial charge in [0.05, 0.1) is 0 Å². The Balaban J connectivity index is 0.000000921. The molecule has 80 valence electrons. The van der Waals surface area contributed by atoms with Crippen LogP contribution in [0.3, 0.4) is 0 Å². The molecule has 1 aromatic heterocycles. The summed E-state index contributed by atoms with van der Waals surface area (Å²) in [5, 5.41) is 6.53. The summed E-state index contributed by atoms with van der Waals surface area (Å²) in [4.78, 5) is 4.02. The first-order valence-electron chi connectivity index (χ1n) is 4.86. The fraction of sp³-hybridized carbons (Fsp3) is 0.167. The van der Waals surface area contributed by atoms with Gasteiger partial charge in [0, 0.05) is 5.57 Å². The van der Waals surface area contributed by atoms with Crippen molar-refractivity contribution in [2.24, 2.45) is 0 Å². The third kappa shape index (κ3) is 4.76. The highest BCUT2D eigenvalue weighted by molar-refractivity contribution is 5.70. The van der Waals surface area contributed by atoms with Crippen LogP contribution in [0.2, 0.25) is 0 Å². The highest BCUT2D eigenvalue weighted by Gasteiger charge is 1.97. The van der Waals surface area contributed by atoms with E-state index in [9.17, 15) is 0 Å². The molecule has 3 nitrogen and oxygen atoms in total. The van der Waals surface area contributed by atoms with Gasteiger partial charge in [0.2, 0.25) is 0 Å². The standard InChI is InChI=1S/C10H11N3.C2H6/c1-3-5-7-9(6-4-2)10-11-8-12-13-10;1-2/h3-8H,1-2H2,(H,11,12,13);1-2H3/b7-5-,9-6+;. The molecule has 0 spiro atoms. The molecule has 1 rings (SSSR count). The Kier molecular flexibility index (Phi) is 7.59. The first-order valence-corrected chi connectivity index (χ1v) is 4.86. The quantitative estimate of drug-likeness (QED) is 0.764. The molecule has 0 fully saturated rings. The maximum absolute atomic E-state index is 4.02. The van der Waals surface area contributed by atoms with Gasteiger partial charge in [-0.2, -0.15) is 5.10 Å². The van der Waals surface area contributed by atoms with Crippen LogP contribution < -0.4 is 0 Å². The molecule has 0 aromatic carbocycles. The van der Waals surface area contributed by atoms with Crippen molar-refractivity contribution in [2.45, 2.75) is 13.8 Å². The molecule has 0 saturated carbocycles.